The second-order valence-corrected chi connectivity index (χ2v) is 6.60. The van der Waals surface area contributed by atoms with E-state index in [4.69, 9.17) is 5.73 Å². The van der Waals surface area contributed by atoms with E-state index in [0.717, 1.165) is 0 Å². The highest BCUT2D eigenvalue weighted by molar-refractivity contribution is 14.0. The van der Waals surface area contributed by atoms with Crippen LogP contribution >= 0.6 is 24.0 Å². The summed E-state index contributed by atoms with van der Waals surface area (Å²) < 4.78 is 0. The molecule has 3 N–H and O–H groups in total. The fraction of sp³-hybridized carbons (Fsp3) is 0.611. The maximum atomic E-state index is 6.08. The van der Waals surface area contributed by atoms with Crippen molar-refractivity contribution >= 4 is 29.9 Å². The zero-order chi connectivity index (χ0) is 15.9. The van der Waals surface area contributed by atoms with Crippen LogP contribution in [-0.4, -0.2) is 37.5 Å². The molecule has 1 aliphatic carbocycles. The predicted molar refractivity (Wildman–Crippen MR) is 110 cm³/mol. The Morgan fingerprint density at radius 1 is 1.22 bits per heavy atom. The maximum absolute atomic E-state index is 6.08. The molecule has 0 saturated heterocycles. The molecule has 0 aliphatic heterocycles. The summed E-state index contributed by atoms with van der Waals surface area (Å²) in [6.07, 6.45) is 6.38. The summed E-state index contributed by atoms with van der Waals surface area (Å²) in [4.78, 5) is 6.78. The minimum absolute atomic E-state index is 0. The lowest BCUT2D eigenvalue weighted by Crippen LogP contribution is -2.41. The Hall–Kier alpha value is -0.820. The topological polar surface area (TPSA) is 53.6 Å². The number of nitrogens with zero attached hydrogens (tertiary/aromatic N) is 2. The molecule has 0 radical (unpaired) electrons. The van der Waals surface area contributed by atoms with Crippen molar-refractivity contribution in [2.45, 2.75) is 51.1 Å². The van der Waals surface area contributed by atoms with Crippen LogP contribution in [0.2, 0.25) is 0 Å². The average molecular weight is 430 g/mol. The number of halogens is 1. The summed E-state index contributed by atoms with van der Waals surface area (Å²) in [6.45, 7) is 2.79. The van der Waals surface area contributed by atoms with Crippen molar-refractivity contribution < 1.29 is 0 Å². The number of nitrogens with two attached hydrogens (primary N) is 1. The van der Waals surface area contributed by atoms with E-state index in [1.54, 1.807) is 0 Å². The Bertz CT molecular complexity index is 478. The molecular weight excluding hydrogens is 399 g/mol. The van der Waals surface area contributed by atoms with Gasteiger partial charge in [-0.05, 0) is 39.4 Å². The number of benzene rings is 1. The Morgan fingerprint density at radius 2 is 1.83 bits per heavy atom. The maximum Gasteiger partial charge on any atom is 0.188 e. The van der Waals surface area contributed by atoms with Gasteiger partial charge in [-0.1, -0.05) is 49.1 Å². The molecule has 1 fully saturated rings. The molecular formula is C18H31IN4. The summed E-state index contributed by atoms with van der Waals surface area (Å²) in [5.41, 5.74) is 8.64. The van der Waals surface area contributed by atoms with Crippen molar-refractivity contribution in [2.75, 3.05) is 20.6 Å². The highest BCUT2D eigenvalue weighted by Crippen LogP contribution is 2.19. The lowest BCUT2D eigenvalue weighted by molar-refractivity contribution is 0.306. The number of likely N-dealkylation sites (N-methyl/N-ethyl adjacent to an activating group) is 1. The number of hydrogen-bond donors (Lipinski definition) is 2. The van der Waals surface area contributed by atoms with Crippen molar-refractivity contribution in [1.29, 1.82) is 0 Å². The highest BCUT2D eigenvalue weighted by atomic mass is 127. The van der Waals surface area contributed by atoms with Gasteiger partial charge in [0, 0.05) is 6.04 Å². The summed E-state index contributed by atoms with van der Waals surface area (Å²) >= 11 is 0. The standard InChI is InChI=1S/C18H30N4.HI/c1-14-9-11-15(12-10-14)17(22(2)3)13-20-18(19)21-16-7-5-4-6-8-16;/h9-12,16-17H,4-8,13H2,1-3H3,(H3,19,20,21);1H. The van der Waals surface area contributed by atoms with Crippen LogP contribution in [0.3, 0.4) is 0 Å². The summed E-state index contributed by atoms with van der Waals surface area (Å²) in [5.74, 6) is 0.589. The smallest absolute Gasteiger partial charge is 0.188 e. The molecule has 1 atom stereocenters. The molecule has 130 valence electrons. The van der Waals surface area contributed by atoms with E-state index in [0.29, 0.717) is 18.5 Å². The number of rotatable bonds is 5. The van der Waals surface area contributed by atoms with Crippen molar-refractivity contribution in [3.8, 4) is 0 Å². The van der Waals surface area contributed by atoms with Crippen LogP contribution in [0.25, 0.3) is 0 Å². The number of aliphatic imine (C=N–C) groups is 1. The predicted octanol–water partition coefficient (Wildman–Crippen LogP) is 3.45. The van der Waals surface area contributed by atoms with Crippen LogP contribution in [0.4, 0.5) is 0 Å². The Morgan fingerprint density at radius 3 is 2.39 bits per heavy atom. The number of aryl methyl sites for hydroxylation is 1. The second kappa shape index (κ2) is 10.1. The molecule has 4 nitrogen and oxygen atoms in total. The van der Waals surface area contributed by atoms with Gasteiger partial charge in [-0.3, -0.25) is 4.99 Å². The average Bonchev–Trinajstić information content (AvgIpc) is 2.50. The minimum atomic E-state index is 0. The first-order valence-electron chi connectivity index (χ1n) is 8.35. The number of guanidine groups is 1. The zero-order valence-electron chi connectivity index (χ0n) is 14.6. The minimum Gasteiger partial charge on any atom is -0.370 e. The van der Waals surface area contributed by atoms with Crippen LogP contribution in [-0.2, 0) is 0 Å². The summed E-state index contributed by atoms with van der Waals surface area (Å²) in [6, 6.07) is 9.43. The molecule has 0 bridgehead atoms. The fourth-order valence-corrected chi connectivity index (χ4v) is 3.04. The third-order valence-corrected chi connectivity index (χ3v) is 4.48. The van der Waals surface area contributed by atoms with E-state index in [1.165, 1.54) is 43.2 Å². The SMILES string of the molecule is Cc1ccc(C(CN=C(N)NC2CCCCC2)N(C)C)cc1.I. The van der Waals surface area contributed by atoms with Gasteiger partial charge < -0.3 is 16.0 Å². The van der Waals surface area contributed by atoms with E-state index < -0.39 is 0 Å². The first-order valence-corrected chi connectivity index (χ1v) is 8.35. The summed E-state index contributed by atoms with van der Waals surface area (Å²) in [7, 11) is 4.18. The van der Waals surface area contributed by atoms with Crippen LogP contribution in [0.5, 0.6) is 0 Å². The Balaban J connectivity index is 0.00000264. The van der Waals surface area contributed by atoms with E-state index in [1.807, 2.05) is 0 Å². The van der Waals surface area contributed by atoms with Gasteiger partial charge in [-0.2, -0.15) is 0 Å². The monoisotopic (exact) mass is 430 g/mol. The van der Waals surface area contributed by atoms with Crippen molar-refractivity contribution in [3.63, 3.8) is 0 Å². The Labute approximate surface area is 157 Å². The van der Waals surface area contributed by atoms with Crippen LogP contribution in [0, 0.1) is 6.92 Å². The van der Waals surface area contributed by atoms with Gasteiger partial charge in [0.2, 0.25) is 0 Å². The van der Waals surface area contributed by atoms with E-state index in [-0.39, 0.29) is 30.0 Å². The molecule has 0 amide bonds. The van der Waals surface area contributed by atoms with Gasteiger partial charge in [-0.25, -0.2) is 0 Å². The van der Waals surface area contributed by atoms with Gasteiger partial charge in [0.1, 0.15) is 0 Å². The second-order valence-electron chi connectivity index (χ2n) is 6.60. The first-order chi connectivity index (χ1) is 10.6. The Kier molecular flexibility index (Phi) is 8.91. The fourth-order valence-electron chi connectivity index (χ4n) is 3.04. The molecule has 5 heteroatoms. The summed E-state index contributed by atoms with van der Waals surface area (Å²) in [5, 5.41) is 3.38. The number of nitrogens with one attached hydrogen (secondary N) is 1. The molecule has 1 aromatic carbocycles. The van der Waals surface area contributed by atoms with E-state index in [2.05, 4.69) is 60.5 Å². The lowest BCUT2D eigenvalue weighted by Gasteiger charge is -2.25. The van der Waals surface area contributed by atoms with E-state index >= 15 is 0 Å². The normalized spacial score (nSPS) is 17.7. The van der Waals surface area contributed by atoms with Gasteiger partial charge in [0.05, 0.1) is 12.6 Å². The number of hydrogen-bond acceptors (Lipinski definition) is 2. The van der Waals surface area contributed by atoms with Crippen LogP contribution in [0.1, 0.15) is 49.3 Å². The molecule has 1 saturated carbocycles. The van der Waals surface area contributed by atoms with Crippen molar-refractivity contribution in [1.82, 2.24) is 10.2 Å². The third kappa shape index (κ3) is 6.67. The molecule has 1 aliphatic rings. The van der Waals surface area contributed by atoms with Crippen molar-refractivity contribution in [2.24, 2.45) is 10.7 Å². The van der Waals surface area contributed by atoms with Crippen LogP contribution < -0.4 is 11.1 Å². The van der Waals surface area contributed by atoms with Crippen LogP contribution in [0.15, 0.2) is 29.3 Å². The van der Waals surface area contributed by atoms with Gasteiger partial charge >= 0.3 is 0 Å². The molecule has 1 unspecified atom stereocenters. The largest absolute Gasteiger partial charge is 0.370 e. The molecule has 0 heterocycles. The van der Waals surface area contributed by atoms with Gasteiger partial charge in [-0.15, -0.1) is 24.0 Å². The molecule has 1 aromatic rings. The quantitative estimate of drug-likeness (QED) is 0.428. The molecule has 2 rings (SSSR count). The van der Waals surface area contributed by atoms with Gasteiger partial charge in [0.15, 0.2) is 5.96 Å². The highest BCUT2D eigenvalue weighted by Gasteiger charge is 2.15. The first kappa shape index (κ1) is 20.2. The van der Waals surface area contributed by atoms with Gasteiger partial charge in [0.25, 0.3) is 0 Å². The third-order valence-electron chi connectivity index (χ3n) is 4.48. The zero-order valence-corrected chi connectivity index (χ0v) is 16.9. The lowest BCUT2D eigenvalue weighted by atomic mass is 9.96. The van der Waals surface area contributed by atoms with Crippen molar-refractivity contribution in [3.05, 3.63) is 35.4 Å². The molecule has 0 aromatic heterocycles. The molecule has 0 spiro atoms. The molecule has 23 heavy (non-hydrogen) atoms. The van der Waals surface area contributed by atoms with E-state index in [9.17, 15) is 0 Å².